The number of hydrogen-bond donors (Lipinski definition) is 0. The van der Waals surface area contributed by atoms with Crippen LogP contribution in [0.25, 0.3) is 5.65 Å². The molecule has 0 saturated carbocycles. The number of rotatable bonds is 3. The smallest absolute Gasteiger partial charge is 0.316 e. The molecular weight excluding hydrogens is 334 g/mol. The second kappa shape index (κ2) is 5.87. The van der Waals surface area contributed by atoms with Crippen molar-refractivity contribution in [2.24, 2.45) is 0 Å². The van der Waals surface area contributed by atoms with Crippen molar-refractivity contribution in [3.63, 3.8) is 0 Å². The quantitative estimate of drug-likeness (QED) is 0.690. The first kappa shape index (κ1) is 15.4. The molecule has 0 bridgehead atoms. The number of aryl methyl sites for hydroxylation is 1. The molecule has 1 spiro atoms. The second-order valence-corrected chi connectivity index (χ2v) is 6.93. The molecule has 26 heavy (non-hydrogen) atoms. The van der Waals surface area contributed by atoms with Gasteiger partial charge >= 0.3 is 6.01 Å². The van der Waals surface area contributed by atoms with Crippen LogP contribution in [0.5, 0.6) is 6.01 Å². The molecule has 2 aliphatic heterocycles. The van der Waals surface area contributed by atoms with Crippen LogP contribution in [0.4, 0.5) is 5.82 Å². The maximum Gasteiger partial charge on any atom is 0.316 e. The van der Waals surface area contributed by atoms with Gasteiger partial charge in [-0.15, -0.1) is 15.3 Å². The molecule has 9 heteroatoms. The highest BCUT2D eigenvalue weighted by Crippen LogP contribution is 2.37. The van der Waals surface area contributed by atoms with Crippen LogP contribution >= 0.6 is 0 Å². The van der Waals surface area contributed by atoms with Crippen LogP contribution in [0.2, 0.25) is 0 Å². The Bertz CT molecular complexity index is 938. The van der Waals surface area contributed by atoms with Gasteiger partial charge in [-0.25, -0.2) is 9.97 Å². The molecule has 2 aliphatic rings. The highest BCUT2D eigenvalue weighted by molar-refractivity contribution is 5.48. The third-order valence-electron chi connectivity index (χ3n) is 4.92. The van der Waals surface area contributed by atoms with E-state index in [1.54, 1.807) is 17.0 Å². The van der Waals surface area contributed by atoms with E-state index in [1.165, 1.54) is 0 Å². The molecule has 5 rings (SSSR count). The molecule has 5 heterocycles. The zero-order valence-electron chi connectivity index (χ0n) is 14.4. The van der Waals surface area contributed by atoms with Crippen molar-refractivity contribution in [3.05, 3.63) is 36.4 Å². The summed E-state index contributed by atoms with van der Waals surface area (Å²) in [4.78, 5) is 10.7. The molecule has 0 N–H and O–H groups in total. The van der Waals surface area contributed by atoms with E-state index in [-0.39, 0.29) is 11.7 Å². The molecule has 3 aromatic heterocycles. The average Bonchev–Trinajstić information content (AvgIpc) is 3.07. The van der Waals surface area contributed by atoms with E-state index >= 15 is 0 Å². The van der Waals surface area contributed by atoms with Gasteiger partial charge in [-0.3, -0.25) is 0 Å². The first-order valence-electron chi connectivity index (χ1n) is 8.71. The fourth-order valence-electron chi connectivity index (χ4n) is 3.63. The fraction of sp³-hybridized carbons (Fsp3) is 0.471. The van der Waals surface area contributed by atoms with Crippen molar-refractivity contribution >= 4 is 11.5 Å². The maximum absolute atomic E-state index is 6.10. The van der Waals surface area contributed by atoms with Gasteiger partial charge in [-0.05, 0) is 25.1 Å². The van der Waals surface area contributed by atoms with Crippen LogP contribution < -0.4 is 9.64 Å². The molecular formula is C17H19N7O2. The molecule has 9 nitrogen and oxygen atoms in total. The molecule has 3 aromatic rings. The Morgan fingerprint density at radius 1 is 1.27 bits per heavy atom. The summed E-state index contributed by atoms with van der Waals surface area (Å²) in [7, 11) is 0. The lowest BCUT2D eigenvalue weighted by molar-refractivity contribution is -0.127. The van der Waals surface area contributed by atoms with Crippen LogP contribution in [0.3, 0.4) is 0 Å². The number of hydrogen-bond acceptors (Lipinski definition) is 8. The third-order valence-corrected chi connectivity index (χ3v) is 4.92. The lowest BCUT2D eigenvalue weighted by atomic mass is 9.84. The number of nitrogens with zero attached hydrogens (tertiary/aromatic N) is 7. The molecule has 0 amide bonds. The summed E-state index contributed by atoms with van der Waals surface area (Å²) in [5.41, 5.74) is 1.46. The SMILES string of the molecule is Cc1ccnc(OC2CCOC3(C2)CN(c2ccc4nncn4n2)C3)n1. The Morgan fingerprint density at radius 3 is 3.08 bits per heavy atom. The zero-order chi connectivity index (χ0) is 17.6. The normalized spacial score (nSPS) is 21.7. The number of anilines is 1. The van der Waals surface area contributed by atoms with Crippen LogP contribution in [0.1, 0.15) is 18.5 Å². The predicted molar refractivity (Wildman–Crippen MR) is 92.1 cm³/mol. The standard InChI is InChI=1S/C17H19N7O2/c1-12-4-6-18-16(20-12)26-13-5-7-25-17(8-13)9-23(10-17)15-3-2-14-21-19-11-24(14)22-15/h2-4,6,11,13H,5,7-10H2,1H3. The van der Waals surface area contributed by atoms with E-state index in [9.17, 15) is 0 Å². The van der Waals surface area contributed by atoms with Crippen molar-refractivity contribution in [1.82, 2.24) is 29.8 Å². The molecule has 0 aromatic carbocycles. The van der Waals surface area contributed by atoms with Gasteiger partial charge in [0.2, 0.25) is 0 Å². The number of aromatic nitrogens is 6. The monoisotopic (exact) mass is 353 g/mol. The van der Waals surface area contributed by atoms with E-state index in [0.717, 1.165) is 43.1 Å². The topological polar surface area (TPSA) is 90.6 Å². The van der Waals surface area contributed by atoms with E-state index in [2.05, 4.69) is 30.2 Å². The zero-order valence-corrected chi connectivity index (χ0v) is 14.4. The summed E-state index contributed by atoms with van der Waals surface area (Å²) >= 11 is 0. The Balaban J connectivity index is 1.26. The van der Waals surface area contributed by atoms with Crippen molar-refractivity contribution in [3.8, 4) is 6.01 Å². The first-order valence-corrected chi connectivity index (χ1v) is 8.71. The van der Waals surface area contributed by atoms with Gasteiger partial charge in [0.15, 0.2) is 5.65 Å². The van der Waals surface area contributed by atoms with Gasteiger partial charge in [-0.1, -0.05) is 0 Å². The number of fused-ring (bicyclic) bond motifs is 1. The average molecular weight is 353 g/mol. The lowest BCUT2D eigenvalue weighted by Gasteiger charge is -2.53. The molecule has 0 radical (unpaired) electrons. The predicted octanol–water partition coefficient (Wildman–Crippen LogP) is 1.04. The van der Waals surface area contributed by atoms with Gasteiger partial charge in [0.25, 0.3) is 0 Å². The minimum Gasteiger partial charge on any atom is -0.460 e. The highest BCUT2D eigenvalue weighted by Gasteiger charge is 2.49. The highest BCUT2D eigenvalue weighted by atomic mass is 16.5. The van der Waals surface area contributed by atoms with Crippen molar-refractivity contribution in [2.75, 3.05) is 24.6 Å². The van der Waals surface area contributed by atoms with Gasteiger partial charge in [0, 0.05) is 24.7 Å². The largest absolute Gasteiger partial charge is 0.460 e. The summed E-state index contributed by atoms with van der Waals surface area (Å²) in [5.74, 6) is 0.900. The first-order chi connectivity index (χ1) is 12.7. The van der Waals surface area contributed by atoms with Crippen molar-refractivity contribution in [2.45, 2.75) is 31.5 Å². The van der Waals surface area contributed by atoms with E-state index in [0.29, 0.717) is 12.6 Å². The van der Waals surface area contributed by atoms with Gasteiger partial charge in [0.05, 0.1) is 19.7 Å². The Kier molecular flexibility index (Phi) is 3.49. The van der Waals surface area contributed by atoms with Crippen LogP contribution in [-0.2, 0) is 4.74 Å². The summed E-state index contributed by atoms with van der Waals surface area (Å²) in [6.07, 6.45) is 5.09. The second-order valence-electron chi connectivity index (χ2n) is 6.93. The Morgan fingerprint density at radius 2 is 2.19 bits per heavy atom. The summed E-state index contributed by atoms with van der Waals surface area (Å²) in [5, 5.41) is 12.4. The molecule has 1 unspecified atom stereocenters. The van der Waals surface area contributed by atoms with Gasteiger partial charge in [0.1, 0.15) is 23.9 Å². The Hall–Kier alpha value is -2.81. The van der Waals surface area contributed by atoms with Gasteiger partial charge < -0.3 is 14.4 Å². The molecule has 2 fully saturated rings. The minimum absolute atomic E-state index is 0.0704. The number of ether oxygens (including phenoxy) is 2. The lowest BCUT2D eigenvalue weighted by Crippen LogP contribution is -2.66. The van der Waals surface area contributed by atoms with E-state index < -0.39 is 0 Å². The van der Waals surface area contributed by atoms with E-state index in [4.69, 9.17) is 9.47 Å². The summed E-state index contributed by atoms with van der Waals surface area (Å²) in [6.45, 7) is 4.20. The van der Waals surface area contributed by atoms with E-state index in [1.807, 2.05) is 25.1 Å². The third kappa shape index (κ3) is 2.74. The molecule has 1 atom stereocenters. The van der Waals surface area contributed by atoms with Crippen molar-refractivity contribution < 1.29 is 9.47 Å². The summed E-state index contributed by atoms with van der Waals surface area (Å²) in [6, 6.07) is 6.20. The molecule has 0 aliphatic carbocycles. The van der Waals surface area contributed by atoms with Crippen LogP contribution in [0.15, 0.2) is 30.7 Å². The fourth-order valence-corrected chi connectivity index (χ4v) is 3.63. The maximum atomic E-state index is 6.10. The van der Waals surface area contributed by atoms with Crippen LogP contribution in [0, 0.1) is 6.92 Å². The van der Waals surface area contributed by atoms with Crippen LogP contribution in [-0.4, -0.2) is 61.2 Å². The Labute approximate surface area is 150 Å². The van der Waals surface area contributed by atoms with Crippen molar-refractivity contribution in [1.29, 1.82) is 0 Å². The molecule has 2 saturated heterocycles. The minimum atomic E-state index is -0.184. The summed E-state index contributed by atoms with van der Waals surface area (Å²) < 4.78 is 13.8. The molecule has 134 valence electrons. The van der Waals surface area contributed by atoms with Gasteiger partial charge in [-0.2, -0.15) is 4.52 Å².